The number of carbonyl (C=O) groups is 2. The summed E-state index contributed by atoms with van der Waals surface area (Å²) in [6, 6.07) is 14.4. The second kappa shape index (κ2) is 8.70. The Kier molecular flexibility index (Phi) is 6.00. The lowest BCUT2D eigenvalue weighted by atomic mass is 10.2. The van der Waals surface area contributed by atoms with Crippen LogP contribution < -0.4 is 10.6 Å². The predicted molar refractivity (Wildman–Crippen MR) is 127 cm³/mol. The summed E-state index contributed by atoms with van der Waals surface area (Å²) in [7, 11) is 0. The van der Waals surface area contributed by atoms with E-state index in [9.17, 15) is 9.59 Å². The molecule has 0 aliphatic rings. The molecule has 0 bridgehead atoms. The summed E-state index contributed by atoms with van der Waals surface area (Å²) >= 11 is 13.6. The third kappa shape index (κ3) is 4.74. The molecule has 9 heteroatoms. The summed E-state index contributed by atoms with van der Waals surface area (Å²) < 4.78 is 1.89. The maximum Gasteiger partial charge on any atom is 0.265 e. The van der Waals surface area contributed by atoms with Crippen molar-refractivity contribution in [3.8, 4) is 0 Å². The lowest BCUT2D eigenvalue weighted by Crippen LogP contribution is -2.11. The first-order valence-electron chi connectivity index (χ1n) is 9.40. The minimum Gasteiger partial charge on any atom is -0.326 e. The first kappa shape index (κ1) is 21.4. The average molecular weight is 473 g/mol. The van der Waals surface area contributed by atoms with Crippen molar-refractivity contribution < 1.29 is 9.59 Å². The van der Waals surface area contributed by atoms with Gasteiger partial charge in [0, 0.05) is 23.0 Å². The molecule has 2 N–H and O–H groups in total. The SMILES string of the molecule is CC(=O)Nc1ccc(NC(=O)c2cc3c(C)nn(Cc4ccc(Cl)cc4)c3s2)c(Cl)c1. The highest BCUT2D eigenvalue weighted by Gasteiger charge is 2.17. The van der Waals surface area contributed by atoms with Gasteiger partial charge in [-0.2, -0.15) is 5.10 Å². The van der Waals surface area contributed by atoms with Crippen molar-refractivity contribution in [3.05, 3.63) is 74.7 Å². The Bertz CT molecular complexity index is 1300. The number of amides is 2. The lowest BCUT2D eigenvalue weighted by Gasteiger charge is -2.08. The van der Waals surface area contributed by atoms with Crippen LogP contribution >= 0.6 is 34.5 Å². The molecule has 2 aromatic carbocycles. The van der Waals surface area contributed by atoms with Crippen molar-refractivity contribution in [2.75, 3.05) is 10.6 Å². The van der Waals surface area contributed by atoms with Crippen LogP contribution in [0.3, 0.4) is 0 Å². The minimum absolute atomic E-state index is 0.193. The Hall–Kier alpha value is -2.87. The molecule has 0 atom stereocenters. The van der Waals surface area contributed by atoms with Gasteiger partial charge in [-0.05, 0) is 48.9 Å². The first-order chi connectivity index (χ1) is 14.8. The van der Waals surface area contributed by atoms with Crippen LogP contribution in [-0.4, -0.2) is 21.6 Å². The Morgan fingerprint density at radius 2 is 1.81 bits per heavy atom. The third-order valence-electron chi connectivity index (χ3n) is 4.61. The number of anilines is 2. The number of aromatic nitrogens is 2. The molecule has 2 aromatic heterocycles. The van der Waals surface area contributed by atoms with Crippen LogP contribution in [0.1, 0.15) is 27.9 Å². The largest absolute Gasteiger partial charge is 0.326 e. The van der Waals surface area contributed by atoms with E-state index in [1.165, 1.54) is 18.3 Å². The molecule has 0 saturated heterocycles. The van der Waals surface area contributed by atoms with Crippen molar-refractivity contribution in [3.63, 3.8) is 0 Å². The number of fused-ring (bicyclic) bond motifs is 1. The highest BCUT2D eigenvalue weighted by molar-refractivity contribution is 7.20. The number of carbonyl (C=O) groups excluding carboxylic acids is 2. The van der Waals surface area contributed by atoms with Gasteiger partial charge in [-0.1, -0.05) is 35.3 Å². The van der Waals surface area contributed by atoms with Gasteiger partial charge in [-0.25, -0.2) is 0 Å². The van der Waals surface area contributed by atoms with Gasteiger partial charge in [-0.3, -0.25) is 14.3 Å². The number of nitrogens with zero attached hydrogens (tertiary/aromatic N) is 2. The van der Waals surface area contributed by atoms with Crippen molar-refractivity contribution in [2.45, 2.75) is 20.4 Å². The van der Waals surface area contributed by atoms with Gasteiger partial charge in [-0.15, -0.1) is 11.3 Å². The van der Waals surface area contributed by atoms with Crippen molar-refractivity contribution in [1.29, 1.82) is 0 Å². The zero-order chi connectivity index (χ0) is 22.1. The van der Waals surface area contributed by atoms with Gasteiger partial charge >= 0.3 is 0 Å². The molecular formula is C22H18Cl2N4O2S. The predicted octanol–water partition coefficient (Wildman–Crippen LogP) is 5.97. The standard InChI is InChI=1S/C22H18Cl2N4O2S/c1-12-17-10-20(21(30)26-19-8-7-16(9-18(19)24)25-13(2)29)31-22(17)28(27-12)11-14-3-5-15(23)6-4-14/h3-10H,11H2,1-2H3,(H,25,29)(H,26,30). The molecule has 2 heterocycles. The van der Waals surface area contributed by atoms with Gasteiger partial charge in [0.2, 0.25) is 5.91 Å². The third-order valence-corrected chi connectivity index (χ3v) is 6.33. The van der Waals surface area contributed by atoms with Crippen molar-refractivity contribution in [1.82, 2.24) is 9.78 Å². The van der Waals surface area contributed by atoms with Crippen LogP contribution in [0.5, 0.6) is 0 Å². The van der Waals surface area contributed by atoms with Crippen LogP contribution in [0.25, 0.3) is 10.2 Å². The van der Waals surface area contributed by atoms with Crippen LogP contribution in [-0.2, 0) is 11.3 Å². The summed E-state index contributed by atoms with van der Waals surface area (Å²) in [6.07, 6.45) is 0. The highest BCUT2D eigenvalue weighted by Crippen LogP contribution is 2.31. The van der Waals surface area contributed by atoms with E-state index in [2.05, 4.69) is 15.7 Å². The second-order valence-corrected chi connectivity index (χ2v) is 8.90. The maximum atomic E-state index is 12.8. The van der Waals surface area contributed by atoms with Crippen molar-refractivity contribution in [2.24, 2.45) is 0 Å². The van der Waals surface area contributed by atoms with Gasteiger partial charge in [0.05, 0.1) is 27.8 Å². The van der Waals surface area contributed by atoms with E-state index in [0.717, 1.165) is 21.5 Å². The van der Waals surface area contributed by atoms with Gasteiger partial charge in [0.1, 0.15) is 4.83 Å². The summed E-state index contributed by atoms with van der Waals surface area (Å²) in [5, 5.41) is 12.1. The molecule has 0 spiro atoms. The van der Waals surface area contributed by atoms with E-state index in [4.69, 9.17) is 23.2 Å². The van der Waals surface area contributed by atoms with E-state index in [0.29, 0.717) is 32.8 Å². The molecule has 0 saturated carbocycles. The fraction of sp³-hybridized carbons (Fsp3) is 0.136. The van der Waals surface area contributed by atoms with Crippen LogP contribution in [0.2, 0.25) is 10.0 Å². The first-order valence-corrected chi connectivity index (χ1v) is 11.0. The molecule has 6 nitrogen and oxygen atoms in total. The molecule has 2 amide bonds. The van der Waals surface area contributed by atoms with Crippen LogP contribution in [0.15, 0.2) is 48.5 Å². The Balaban J connectivity index is 1.56. The topological polar surface area (TPSA) is 76.0 Å². The quantitative estimate of drug-likeness (QED) is 0.375. The summed E-state index contributed by atoms with van der Waals surface area (Å²) in [5.74, 6) is -0.450. The molecular weight excluding hydrogens is 455 g/mol. The number of hydrogen-bond donors (Lipinski definition) is 2. The molecule has 158 valence electrons. The van der Waals surface area contributed by atoms with E-state index >= 15 is 0 Å². The Labute approximate surface area is 192 Å². The number of halogens is 2. The monoisotopic (exact) mass is 472 g/mol. The summed E-state index contributed by atoms with van der Waals surface area (Å²) in [6.45, 7) is 3.92. The molecule has 0 aliphatic heterocycles. The lowest BCUT2D eigenvalue weighted by molar-refractivity contribution is -0.114. The Morgan fingerprint density at radius 1 is 1.06 bits per heavy atom. The Morgan fingerprint density at radius 3 is 2.48 bits per heavy atom. The van der Waals surface area contributed by atoms with E-state index in [-0.39, 0.29) is 11.8 Å². The highest BCUT2D eigenvalue weighted by atomic mass is 35.5. The number of thiophene rings is 1. The molecule has 0 aliphatic carbocycles. The molecule has 4 aromatic rings. The fourth-order valence-corrected chi connectivity index (χ4v) is 4.59. The molecule has 0 fully saturated rings. The molecule has 0 unspecified atom stereocenters. The normalized spacial score (nSPS) is 11.0. The van der Waals surface area contributed by atoms with Gasteiger partial charge in [0.25, 0.3) is 5.91 Å². The maximum absolute atomic E-state index is 12.8. The number of hydrogen-bond acceptors (Lipinski definition) is 4. The van der Waals surface area contributed by atoms with E-state index < -0.39 is 0 Å². The van der Waals surface area contributed by atoms with Gasteiger partial charge in [0.15, 0.2) is 0 Å². The second-order valence-electron chi connectivity index (χ2n) is 7.03. The fourth-order valence-electron chi connectivity index (χ4n) is 3.18. The summed E-state index contributed by atoms with van der Waals surface area (Å²) in [5.41, 5.74) is 2.96. The number of rotatable bonds is 5. The van der Waals surface area contributed by atoms with Crippen LogP contribution in [0.4, 0.5) is 11.4 Å². The van der Waals surface area contributed by atoms with Crippen molar-refractivity contribution >= 4 is 67.9 Å². The van der Waals surface area contributed by atoms with E-state index in [1.807, 2.05) is 41.9 Å². The molecule has 31 heavy (non-hydrogen) atoms. The van der Waals surface area contributed by atoms with E-state index in [1.54, 1.807) is 18.2 Å². The average Bonchev–Trinajstić information content (AvgIpc) is 3.27. The minimum atomic E-state index is -0.257. The summed E-state index contributed by atoms with van der Waals surface area (Å²) in [4.78, 5) is 25.5. The van der Waals surface area contributed by atoms with Gasteiger partial charge < -0.3 is 10.6 Å². The zero-order valence-corrected chi connectivity index (χ0v) is 19.0. The smallest absolute Gasteiger partial charge is 0.265 e. The molecule has 0 radical (unpaired) electrons. The molecule has 4 rings (SSSR count). The van der Waals surface area contributed by atoms with Crippen LogP contribution in [0, 0.1) is 6.92 Å². The number of aryl methyl sites for hydroxylation is 1. The number of nitrogens with one attached hydrogen (secondary N) is 2. The number of benzene rings is 2. The zero-order valence-electron chi connectivity index (χ0n) is 16.7.